The number of hydrogen-bond acceptors (Lipinski definition) is 2. The fourth-order valence-corrected chi connectivity index (χ4v) is 3.36. The van der Waals surface area contributed by atoms with Crippen molar-refractivity contribution in [2.24, 2.45) is 0 Å². The van der Waals surface area contributed by atoms with Gasteiger partial charge in [-0.15, -0.1) is 0 Å². The second-order valence-corrected chi connectivity index (χ2v) is 7.52. The molecule has 0 saturated carbocycles. The molecule has 0 spiro atoms. The van der Waals surface area contributed by atoms with Crippen molar-refractivity contribution in [1.82, 2.24) is 0 Å². The molecule has 0 aliphatic carbocycles. The molecule has 0 aliphatic rings. The summed E-state index contributed by atoms with van der Waals surface area (Å²) in [6.45, 7) is 17.0. The van der Waals surface area contributed by atoms with Crippen LogP contribution in [0.3, 0.4) is 0 Å². The molecule has 0 saturated heterocycles. The first-order valence-electron chi connectivity index (χ1n) is 10.7. The average molecular weight is 390 g/mol. The highest BCUT2D eigenvalue weighted by molar-refractivity contribution is 5.86. The fourth-order valence-electron chi connectivity index (χ4n) is 3.36. The van der Waals surface area contributed by atoms with Gasteiger partial charge in [-0.3, -0.25) is 0 Å². The minimum Gasteiger partial charge on any atom is -1.00 e. The van der Waals surface area contributed by atoms with E-state index in [2.05, 4.69) is 27.4 Å². The lowest BCUT2D eigenvalue weighted by Gasteiger charge is -2.36. The zero-order valence-electron chi connectivity index (χ0n) is 18.0. The lowest BCUT2D eigenvalue weighted by atomic mass is 10.1. The van der Waals surface area contributed by atoms with Gasteiger partial charge >= 0.3 is 5.97 Å². The van der Waals surface area contributed by atoms with Crippen LogP contribution in [0.5, 0.6) is 0 Å². The van der Waals surface area contributed by atoms with Crippen molar-refractivity contribution in [2.75, 3.05) is 32.8 Å². The van der Waals surface area contributed by atoms with E-state index < -0.39 is 0 Å². The summed E-state index contributed by atoms with van der Waals surface area (Å²) in [5.41, 5.74) is 0.487. The number of unbranched alkanes of at least 4 members (excludes halogenated alkanes) is 9. The minimum atomic E-state index is -0.260. The van der Waals surface area contributed by atoms with E-state index in [9.17, 15) is 4.79 Å². The second kappa shape index (κ2) is 17.9. The summed E-state index contributed by atoms with van der Waals surface area (Å²) in [5.74, 6) is -0.260. The zero-order chi connectivity index (χ0) is 19.0. The molecule has 0 rings (SSSR count). The number of likely N-dealkylation sites (N-methyl/N-ethyl adjacent to an activating group) is 1. The highest BCUT2D eigenvalue weighted by Crippen LogP contribution is 2.14. The standard InChI is InChI=1S/C22H44NO2.ClH/c1-6-9-10-11-12-13-14-15-16-17-18-23(7-2,8-3)19-20-25-22(24)21(4)5;/h4,6-20H2,1-3,5H3;1H/q+1;/p-1. The molecule has 0 amide bonds. The number of rotatable bonds is 17. The third-order valence-electron chi connectivity index (χ3n) is 5.47. The van der Waals surface area contributed by atoms with Gasteiger partial charge in [0.05, 0.1) is 19.6 Å². The molecule has 0 aliphatic heterocycles. The second-order valence-electron chi connectivity index (χ2n) is 7.52. The third kappa shape index (κ3) is 13.6. The molecule has 0 heterocycles. The lowest BCUT2D eigenvalue weighted by Crippen LogP contribution is -3.00. The van der Waals surface area contributed by atoms with Crippen LogP contribution >= 0.6 is 0 Å². The topological polar surface area (TPSA) is 26.3 Å². The maximum absolute atomic E-state index is 11.5. The molecule has 0 unspecified atom stereocenters. The molecule has 0 radical (unpaired) electrons. The number of halogens is 1. The van der Waals surface area contributed by atoms with Crippen LogP contribution in [0.2, 0.25) is 0 Å². The monoisotopic (exact) mass is 389 g/mol. The number of ether oxygens (including phenoxy) is 1. The highest BCUT2D eigenvalue weighted by atomic mass is 35.5. The van der Waals surface area contributed by atoms with Gasteiger partial charge in [-0.25, -0.2) is 4.79 Å². The van der Waals surface area contributed by atoms with Crippen molar-refractivity contribution in [2.45, 2.75) is 91.9 Å². The molecule has 0 N–H and O–H groups in total. The summed E-state index contributed by atoms with van der Waals surface area (Å²) in [6, 6.07) is 0. The molecule has 0 aromatic heterocycles. The van der Waals surface area contributed by atoms with Crippen molar-refractivity contribution < 1.29 is 26.4 Å². The number of hydrogen-bond donors (Lipinski definition) is 0. The molecule has 0 fully saturated rings. The van der Waals surface area contributed by atoms with E-state index in [0.29, 0.717) is 12.2 Å². The van der Waals surface area contributed by atoms with Gasteiger partial charge in [0, 0.05) is 5.57 Å². The third-order valence-corrected chi connectivity index (χ3v) is 5.47. The van der Waals surface area contributed by atoms with Crippen LogP contribution in [-0.2, 0) is 9.53 Å². The SMILES string of the molecule is C=C(C)C(=O)OCC[N+](CC)(CC)CCCCCCCCCCCC.[Cl-]. The van der Waals surface area contributed by atoms with E-state index in [1.54, 1.807) is 6.92 Å². The van der Waals surface area contributed by atoms with Gasteiger partial charge in [-0.05, 0) is 33.6 Å². The summed E-state index contributed by atoms with van der Waals surface area (Å²) in [7, 11) is 0. The Kier molecular flexibility index (Phi) is 19.0. The van der Waals surface area contributed by atoms with Crippen molar-refractivity contribution in [1.29, 1.82) is 0 Å². The van der Waals surface area contributed by atoms with Crippen molar-refractivity contribution in [3.05, 3.63) is 12.2 Å². The normalized spacial score (nSPS) is 11.1. The molecule has 0 bridgehead atoms. The van der Waals surface area contributed by atoms with Crippen LogP contribution in [0, 0.1) is 0 Å². The van der Waals surface area contributed by atoms with Gasteiger partial charge in [-0.1, -0.05) is 64.9 Å². The summed E-state index contributed by atoms with van der Waals surface area (Å²) >= 11 is 0. The molecule has 4 heteroatoms. The van der Waals surface area contributed by atoms with Crippen LogP contribution < -0.4 is 12.4 Å². The summed E-state index contributed by atoms with van der Waals surface area (Å²) in [5, 5.41) is 0. The van der Waals surface area contributed by atoms with Gasteiger partial charge in [0.1, 0.15) is 13.2 Å². The predicted octanol–water partition coefficient (Wildman–Crippen LogP) is 2.89. The average Bonchev–Trinajstić information content (AvgIpc) is 2.61. The van der Waals surface area contributed by atoms with Crippen molar-refractivity contribution in [3.8, 4) is 0 Å². The van der Waals surface area contributed by atoms with Crippen LogP contribution in [-0.4, -0.2) is 43.2 Å². The maximum Gasteiger partial charge on any atom is 0.333 e. The molecular formula is C22H44ClNO2. The Hall–Kier alpha value is -0.540. The number of nitrogens with zero attached hydrogens (tertiary/aromatic N) is 1. The number of esters is 1. The summed E-state index contributed by atoms with van der Waals surface area (Å²) in [6.07, 6.45) is 13.8. The first-order chi connectivity index (χ1) is 12.0. The van der Waals surface area contributed by atoms with Crippen LogP contribution in [0.25, 0.3) is 0 Å². The Morgan fingerprint density at radius 3 is 1.69 bits per heavy atom. The Morgan fingerprint density at radius 2 is 1.27 bits per heavy atom. The maximum atomic E-state index is 11.5. The van der Waals surface area contributed by atoms with E-state index in [-0.39, 0.29) is 18.4 Å². The molecule has 156 valence electrons. The molecule has 0 aromatic carbocycles. The Labute approximate surface area is 169 Å². The zero-order valence-corrected chi connectivity index (χ0v) is 18.7. The summed E-state index contributed by atoms with van der Waals surface area (Å²) in [4.78, 5) is 11.5. The van der Waals surface area contributed by atoms with Crippen molar-refractivity contribution in [3.63, 3.8) is 0 Å². The Balaban J connectivity index is 0. The van der Waals surface area contributed by atoms with E-state index in [1.165, 1.54) is 70.8 Å². The van der Waals surface area contributed by atoms with Gasteiger partial charge in [0.2, 0.25) is 0 Å². The Morgan fingerprint density at radius 1 is 0.808 bits per heavy atom. The molecular weight excluding hydrogens is 346 g/mol. The first kappa shape index (κ1) is 27.7. The summed E-state index contributed by atoms with van der Waals surface area (Å²) < 4.78 is 6.36. The number of carbonyl (C=O) groups is 1. The predicted molar refractivity (Wildman–Crippen MR) is 109 cm³/mol. The Bertz CT molecular complexity index is 354. The number of carbonyl (C=O) groups excluding carboxylic acids is 1. The van der Waals surface area contributed by atoms with Gasteiger partial charge in [0.25, 0.3) is 0 Å². The fraction of sp³-hybridized carbons (Fsp3) is 0.864. The van der Waals surface area contributed by atoms with Gasteiger partial charge in [-0.2, -0.15) is 0 Å². The van der Waals surface area contributed by atoms with Crippen LogP contribution in [0.1, 0.15) is 91.9 Å². The van der Waals surface area contributed by atoms with Crippen LogP contribution in [0.4, 0.5) is 0 Å². The largest absolute Gasteiger partial charge is 1.00 e. The molecule has 0 atom stereocenters. The highest BCUT2D eigenvalue weighted by Gasteiger charge is 2.23. The van der Waals surface area contributed by atoms with Crippen molar-refractivity contribution >= 4 is 5.97 Å². The quantitative estimate of drug-likeness (QED) is 0.165. The molecule has 26 heavy (non-hydrogen) atoms. The molecule has 3 nitrogen and oxygen atoms in total. The van der Waals surface area contributed by atoms with E-state index in [4.69, 9.17) is 4.74 Å². The van der Waals surface area contributed by atoms with E-state index >= 15 is 0 Å². The van der Waals surface area contributed by atoms with Gasteiger partial charge in [0.15, 0.2) is 0 Å². The lowest BCUT2D eigenvalue weighted by molar-refractivity contribution is -0.925. The first-order valence-corrected chi connectivity index (χ1v) is 10.7. The molecule has 0 aromatic rings. The van der Waals surface area contributed by atoms with E-state index in [1.807, 2.05) is 0 Å². The minimum absolute atomic E-state index is 0. The van der Waals surface area contributed by atoms with E-state index in [0.717, 1.165) is 24.1 Å². The van der Waals surface area contributed by atoms with Gasteiger partial charge < -0.3 is 21.6 Å². The smallest absolute Gasteiger partial charge is 0.333 e. The van der Waals surface area contributed by atoms with Crippen LogP contribution in [0.15, 0.2) is 12.2 Å². The number of quaternary nitrogens is 1.